The van der Waals surface area contributed by atoms with Gasteiger partial charge in [0.15, 0.2) is 5.78 Å². The van der Waals surface area contributed by atoms with E-state index in [1.54, 1.807) is 6.92 Å². The molecule has 0 heterocycles. The number of rotatable bonds is 9. The first-order valence-electron chi connectivity index (χ1n) is 10.1. The van der Waals surface area contributed by atoms with Crippen molar-refractivity contribution in [2.45, 2.75) is 31.6 Å². The second-order valence-corrected chi connectivity index (χ2v) is 11.0. The molecule has 0 bridgehead atoms. The van der Waals surface area contributed by atoms with Crippen LogP contribution in [-0.4, -0.2) is 29.6 Å². The van der Waals surface area contributed by atoms with E-state index < -0.39 is 41.2 Å². The zero-order chi connectivity index (χ0) is 27.4. The molecule has 1 unspecified atom stereocenters. The van der Waals surface area contributed by atoms with Crippen LogP contribution in [0, 0.1) is 5.92 Å². The lowest BCUT2D eigenvalue weighted by molar-refractivity contribution is -0.139. The molecule has 0 saturated heterocycles. The van der Waals surface area contributed by atoms with E-state index in [2.05, 4.69) is 15.9 Å². The Morgan fingerprint density at radius 2 is 1.64 bits per heavy atom. The Morgan fingerprint density at radius 3 is 2.14 bits per heavy atom. The quantitative estimate of drug-likeness (QED) is 0.151. The molecule has 2 aromatic carbocycles. The van der Waals surface area contributed by atoms with Crippen LogP contribution in [-0.2, 0) is 0 Å². The predicted molar refractivity (Wildman–Crippen MR) is 135 cm³/mol. The number of alkyl halides is 6. The number of Topliss-reactive ketones (excluding diaryl/α,β-unsaturated/α-hetero) is 1. The number of carbonyl (C=O) groups is 1. The van der Waals surface area contributed by atoms with E-state index in [1.807, 2.05) is 0 Å². The number of carbonyl (C=O) groups excluding carboxylic acids is 1. The lowest BCUT2D eigenvalue weighted by Gasteiger charge is -2.19. The van der Waals surface area contributed by atoms with Gasteiger partial charge in [0.25, 0.3) is 0 Å². The van der Waals surface area contributed by atoms with Gasteiger partial charge in [-0.25, -0.2) is 4.39 Å². The van der Waals surface area contributed by atoms with E-state index in [1.165, 1.54) is 6.07 Å². The highest BCUT2D eigenvalue weighted by Crippen LogP contribution is 2.42. The van der Waals surface area contributed by atoms with E-state index in [0.717, 1.165) is 24.3 Å². The van der Waals surface area contributed by atoms with E-state index in [4.69, 9.17) is 34.8 Å². The number of halogens is 11. The van der Waals surface area contributed by atoms with E-state index >= 15 is 0 Å². The van der Waals surface area contributed by atoms with Gasteiger partial charge in [0.1, 0.15) is 11.7 Å². The first-order valence-corrected chi connectivity index (χ1v) is 13.1. The molecule has 0 aromatic heterocycles. The molecular formula is C23H17BrCl3F7OS. The van der Waals surface area contributed by atoms with Crippen molar-refractivity contribution in [3.8, 4) is 0 Å². The lowest BCUT2D eigenvalue weighted by Crippen LogP contribution is -2.19. The highest BCUT2D eigenvalue weighted by molar-refractivity contribution is 9.10. The molecule has 0 spiro atoms. The third-order valence-electron chi connectivity index (χ3n) is 4.78. The van der Waals surface area contributed by atoms with E-state index in [0.29, 0.717) is 17.8 Å². The Labute approximate surface area is 230 Å². The molecule has 13 heteroatoms. The van der Waals surface area contributed by atoms with Crippen molar-refractivity contribution in [2.75, 3.05) is 11.5 Å². The van der Waals surface area contributed by atoms with Crippen molar-refractivity contribution < 1.29 is 35.5 Å². The van der Waals surface area contributed by atoms with Gasteiger partial charge in [0.2, 0.25) is 0 Å². The zero-order valence-corrected chi connectivity index (χ0v) is 22.9. The zero-order valence-electron chi connectivity index (χ0n) is 18.2. The second-order valence-electron chi connectivity index (χ2n) is 7.89. The number of ketones is 1. The van der Waals surface area contributed by atoms with Crippen molar-refractivity contribution in [1.29, 1.82) is 0 Å². The normalized spacial score (nSPS) is 14.6. The molecule has 2 atom stereocenters. The number of hydrogen-bond donors (Lipinski definition) is 0. The minimum atomic E-state index is -4.88. The summed E-state index contributed by atoms with van der Waals surface area (Å²) in [6.45, 7) is 1.62. The minimum absolute atomic E-state index is 0.0602. The Kier molecular flexibility index (Phi) is 11.1. The molecule has 0 N–H and O–H groups in total. The third-order valence-corrected chi connectivity index (χ3v) is 7.97. The van der Waals surface area contributed by atoms with E-state index in [9.17, 15) is 35.5 Å². The van der Waals surface area contributed by atoms with Gasteiger partial charge < -0.3 is 0 Å². The average molecular weight is 661 g/mol. The number of benzene rings is 2. The van der Waals surface area contributed by atoms with Crippen LogP contribution < -0.4 is 0 Å². The van der Waals surface area contributed by atoms with Crippen molar-refractivity contribution in [2.24, 2.45) is 5.92 Å². The number of hydrogen-bond acceptors (Lipinski definition) is 2. The van der Waals surface area contributed by atoms with Crippen LogP contribution in [0.3, 0.4) is 0 Å². The molecule has 0 saturated carbocycles. The average Bonchev–Trinajstić information content (AvgIpc) is 2.73. The summed E-state index contributed by atoms with van der Waals surface area (Å²) in [6.07, 6.45) is -8.89. The van der Waals surface area contributed by atoms with Crippen LogP contribution in [0.2, 0.25) is 15.1 Å². The maximum absolute atomic E-state index is 14.9. The Balaban J connectivity index is 2.24. The van der Waals surface area contributed by atoms with Crippen LogP contribution in [0.15, 0.2) is 40.9 Å². The monoisotopic (exact) mass is 658 g/mol. The Hall–Kier alpha value is -0.940. The summed E-state index contributed by atoms with van der Waals surface area (Å²) in [5.74, 6) is -5.29. The van der Waals surface area contributed by atoms with Gasteiger partial charge in [-0.05, 0) is 47.6 Å². The molecule has 36 heavy (non-hydrogen) atoms. The van der Waals surface area contributed by atoms with Crippen molar-refractivity contribution in [3.05, 3.63) is 72.6 Å². The summed E-state index contributed by atoms with van der Waals surface area (Å²) in [6, 6.07) is 5.43. The molecule has 0 amide bonds. The lowest BCUT2D eigenvalue weighted by atomic mass is 9.96. The van der Waals surface area contributed by atoms with Gasteiger partial charge in [-0.1, -0.05) is 63.7 Å². The van der Waals surface area contributed by atoms with Crippen molar-refractivity contribution in [1.82, 2.24) is 0 Å². The van der Waals surface area contributed by atoms with Crippen molar-refractivity contribution in [3.63, 3.8) is 0 Å². The summed E-state index contributed by atoms with van der Waals surface area (Å²) in [7, 11) is 0. The maximum atomic E-state index is 14.9. The highest BCUT2D eigenvalue weighted by Gasteiger charge is 2.40. The van der Waals surface area contributed by atoms with Gasteiger partial charge in [0.05, 0.1) is 20.8 Å². The molecular weight excluding hydrogens is 644 g/mol. The molecule has 2 aromatic rings. The van der Waals surface area contributed by atoms with Gasteiger partial charge >= 0.3 is 12.4 Å². The molecule has 198 valence electrons. The molecule has 0 fully saturated rings. The van der Waals surface area contributed by atoms with Crippen molar-refractivity contribution >= 4 is 74.1 Å². The first kappa shape index (κ1) is 31.3. The van der Waals surface area contributed by atoms with Gasteiger partial charge in [-0.15, -0.1) is 0 Å². The fourth-order valence-electron chi connectivity index (χ4n) is 3.13. The molecule has 0 aliphatic rings. The summed E-state index contributed by atoms with van der Waals surface area (Å²) in [5.41, 5.74) is -0.518. The van der Waals surface area contributed by atoms with Crippen LogP contribution in [0.5, 0.6) is 0 Å². The topological polar surface area (TPSA) is 17.1 Å². The third kappa shape index (κ3) is 9.11. The predicted octanol–water partition coefficient (Wildman–Crippen LogP) is 10.6. The molecule has 0 aliphatic carbocycles. The summed E-state index contributed by atoms with van der Waals surface area (Å²) in [4.78, 5) is 12.5. The molecule has 2 rings (SSSR count). The fraction of sp³-hybridized carbons (Fsp3) is 0.348. The van der Waals surface area contributed by atoms with Crippen LogP contribution >= 0.6 is 62.5 Å². The first-order chi connectivity index (χ1) is 16.5. The van der Waals surface area contributed by atoms with Crippen LogP contribution in [0.4, 0.5) is 30.7 Å². The van der Waals surface area contributed by atoms with Gasteiger partial charge in [-0.2, -0.15) is 38.1 Å². The van der Waals surface area contributed by atoms with Gasteiger partial charge in [0, 0.05) is 22.0 Å². The molecule has 1 nitrogen and oxygen atoms in total. The standard InChI is InChI=1S/C23H17BrCl3F7OS/c1-11(9-36-10-22(29,30)31)4-20(35)14-3-2-12(5-16(14)24)19(28)8-15(23(32,33)34)13-6-17(25)21(27)18(26)7-13/h2-3,5-8,11,15H,4,9-10H2,1H3/b19-8-/t11-,15?/m0/s1. The number of thioether (sulfide) groups is 1. The van der Waals surface area contributed by atoms with Gasteiger partial charge in [-0.3, -0.25) is 4.79 Å². The highest BCUT2D eigenvalue weighted by atomic mass is 79.9. The summed E-state index contributed by atoms with van der Waals surface area (Å²) in [5, 5.41) is -0.581. The summed E-state index contributed by atoms with van der Waals surface area (Å²) < 4.78 is 93.0. The fourth-order valence-corrected chi connectivity index (χ4v) is 5.21. The SMILES string of the molecule is C[C@H](CSCC(F)(F)F)CC(=O)c1ccc(/C(F)=C/C(c2cc(Cl)c(Cl)c(Cl)c2)C(F)(F)F)cc1Br. The Morgan fingerprint density at radius 1 is 1.06 bits per heavy atom. The smallest absolute Gasteiger partial charge is 0.294 e. The van der Waals surface area contributed by atoms with Crippen LogP contribution in [0.1, 0.15) is 40.7 Å². The van der Waals surface area contributed by atoms with E-state index in [-0.39, 0.29) is 48.8 Å². The minimum Gasteiger partial charge on any atom is -0.294 e. The second kappa shape index (κ2) is 12.7. The largest absolute Gasteiger partial charge is 0.399 e. The summed E-state index contributed by atoms with van der Waals surface area (Å²) >= 11 is 21.2. The van der Waals surface area contributed by atoms with Crippen LogP contribution in [0.25, 0.3) is 5.83 Å². The maximum Gasteiger partial charge on any atom is 0.399 e. The number of allylic oxidation sites excluding steroid dienone is 1. The molecule has 0 aliphatic heterocycles. The molecule has 0 radical (unpaired) electrons. The Bertz CT molecular complexity index is 1110.